The summed E-state index contributed by atoms with van der Waals surface area (Å²) < 4.78 is 0. The van der Waals surface area contributed by atoms with Crippen LogP contribution in [0.2, 0.25) is 0 Å². The normalized spacial score (nSPS) is 12.2. The van der Waals surface area contributed by atoms with E-state index in [2.05, 4.69) is 19.2 Å². The number of benzene rings is 2. The summed E-state index contributed by atoms with van der Waals surface area (Å²) in [4.78, 5) is 12.6. The molecule has 3 heteroatoms. The standard InChI is InChI=1S/C19H23NO2/c1-14(2)18(15-8-4-3-5-9-15)19(22)20-12-16-10-6-7-11-17(16)13-21/h3-11,14,18,21H,12-13H2,1-2H3,(H,20,22). The summed E-state index contributed by atoms with van der Waals surface area (Å²) in [6, 6.07) is 17.5. The van der Waals surface area contributed by atoms with E-state index in [0.29, 0.717) is 6.54 Å². The molecule has 0 heterocycles. The average Bonchev–Trinajstić information content (AvgIpc) is 2.54. The number of amides is 1. The van der Waals surface area contributed by atoms with Crippen LogP contribution < -0.4 is 5.32 Å². The Labute approximate surface area is 132 Å². The van der Waals surface area contributed by atoms with Crippen molar-refractivity contribution in [3.8, 4) is 0 Å². The molecule has 0 aromatic heterocycles. The molecule has 0 bridgehead atoms. The molecular formula is C19H23NO2. The highest BCUT2D eigenvalue weighted by Crippen LogP contribution is 2.24. The zero-order valence-electron chi connectivity index (χ0n) is 13.1. The van der Waals surface area contributed by atoms with Gasteiger partial charge >= 0.3 is 0 Å². The van der Waals surface area contributed by atoms with Crippen LogP contribution in [-0.2, 0) is 17.9 Å². The van der Waals surface area contributed by atoms with Crippen LogP contribution in [0.3, 0.4) is 0 Å². The third kappa shape index (κ3) is 3.95. The summed E-state index contributed by atoms with van der Waals surface area (Å²) in [5.74, 6) is 0.0758. The second-order valence-corrected chi connectivity index (χ2v) is 5.78. The number of rotatable bonds is 6. The van der Waals surface area contributed by atoms with Gasteiger partial charge in [0.2, 0.25) is 5.91 Å². The lowest BCUT2D eigenvalue weighted by Gasteiger charge is -2.21. The number of hydrogen-bond donors (Lipinski definition) is 2. The molecule has 116 valence electrons. The van der Waals surface area contributed by atoms with E-state index in [1.165, 1.54) is 0 Å². The fourth-order valence-electron chi connectivity index (χ4n) is 2.68. The average molecular weight is 297 g/mol. The Morgan fingerprint density at radius 1 is 1.00 bits per heavy atom. The summed E-state index contributed by atoms with van der Waals surface area (Å²) in [6.45, 7) is 4.53. The van der Waals surface area contributed by atoms with E-state index in [-0.39, 0.29) is 24.3 Å². The molecule has 0 saturated carbocycles. The fourth-order valence-corrected chi connectivity index (χ4v) is 2.68. The lowest BCUT2D eigenvalue weighted by Crippen LogP contribution is -2.32. The maximum atomic E-state index is 12.6. The monoisotopic (exact) mass is 297 g/mol. The Kier molecular flexibility index (Phi) is 5.73. The molecule has 0 radical (unpaired) electrons. The van der Waals surface area contributed by atoms with Crippen LogP contribution >= 0.6 is 0 Å². The van der Waals surface area contributed by atoms with Gasteiger partial charge in [0.25, 0.3) is 0 Å². The quantitative estimate of drug-likeness (QED) is 0.860. The molecule has 2 aromatic carbocycles. The van der Waals surface area contributed by atoms with E-state index in [0.717, 1.165) is 16.7 Å². The topological polar surface area (TPSA) is 49.3 Å². The van der Waals surface area contributed by atoms with Gasteiger partial charge in [-0.3, -0.25) is 4.79 Å². The number of hydrogen-bond acceptors (Lipinski definition) is 2. The zero-order chi connectivity index (χ0) is 15.9. The Bertz CT molecular complexity index is 608. The van der Waals surface area contributed by atoms with Crippen LogP contribution in [-0.4, -0.2) is 11.0 Å². The Balaban J connectivity index is 2.09. The van der Waals surface area contributed by atoms with Gasteiger partial charge in [0, 0.05) is 6.54 Å². The predicted molar refractivity (Wildman–Crippen MR) is 88.2 cm³/mol. The van der Waals surface area contributed by atoms with Crippen LogP contribution in [0, 0.1) is 5.92 Å². The first kappa shape index (κ1) is 16.2. The van der Waals surface area contributed by atoms with Gasteiger partial charge in [-0.25, -0.2) is 0 Å². The molecule has 2 aromatic rings. The summed E-state index contributed by atoms with van der Waals surface area (Å²) in [7, 11) is 0. The van der Waals surface area contributed by atoms with E-state index in [1.807, 2.05) is 54.6 Å². The van der Waals surface area contributed by atoms with Crippen LogP contribution in [0.5, 0.6) is 0 Å². The second-order valence-electron chi connectivity index (χ2n) is 5.78. The summed E-state index contributed by atoms with van der Waals surface area (Å²) in [6.07, 6.45) is 0. The van der Waals surface area contributed by atoms with E-state index in [1.54, 1.807) is 0 Å². The molecule has 1 unspecified atom stereocenters. The van der Waals surface area contributed by atoms with Crippen molar-refractivity contribution in [2.24, 2.45) is 5.92 Å². The lowest BCUT2D eigenvalue weighted by atomic mass is 9.87. The summed E-state index contributed by atoms with van der Waals surface area (Å²) >= 11 is 0. The van der Waals surface area contributed by atoms with Gasteiger partial charge in [0.15, 0.2) is 0 Å². The van der Waals surface area contributed by atoms with Crippen molar-refractivity contribution in [1.29, 1.82) is 0 Å². The minimum Gasteiger partial charge on any atom is -0.392 e. The summed E-state index contributed by atoms with van der Waals surface area (Å²) in [5.41, 5.74) is 2.84. The van der Waals surface area contributed by atoms with Gasteiger partial charge in [-0.1, -0.05) is 68.4 Å². The highest BCUT2D eigenvalue weighted by atomic mass is 16.3. The molecule has 0 aliphatic heterocycles. The molecular weight excluding hydrogens is 274 g/mol. The van der Waals surface area contributed by atoms with Gasteiger partial charge in [0.1, 0.15) is 0 Å². The van der Waals surface area contributed by atoms with E-state index in [9.17, 15) is 9.90 Å². The largest absolute Gasteiger partial charge is 0.392 e. The number of nitrogens with one attached hydrogen (secondary N) is 1. The molecule has 1 atom stereocenters. The van der Waals surface area contributed by atoms with Crippen molar-refractivity contribution in [2.45, 2.75) is 32.9 Å². The third-order valence-corrected chi connectivity index (χ3v) is 3.85. The minimum atomic E-state index is -0.164. The molecule has 0 aliphatic rings. The molecule has 0 fully saturated rings. The molecule has 2 rings (SSSR count). The number of aliphatic hydroxyl groups is 1. The lowest BCUT2D eigenvalue weighted by molar-refractivity contribution is -0.123. The van der Waals surface area contributed by atoms with Crippen molar-refractivity contribution >= 4 is 5.91 Å². The third-order valence-electron chi connectivity index (χ3n) is 3.85. The molecule has 3 nitrogen and oxygen atoms in total. The van der Waals surface area contributed by atoms with Crippen LogP contribution in [0.4, 0.5) is 0 Å². The SMILES string of the molecule is CC(C)C(C(=O)NCc1ccccc1CO)c1ccccc1. The first-order valence-corrected chi connectivity index (χ1v) is 7.63. The Morgan fingerprint density at radius 3 is 2.18 bits per heavy atom. The van der Waals surface area contributed by atoms with Crippen LogP contribution in [0.15, 0.2) is 54.6 Å². The van der Waals surface area contributed by atoms with Crippen molar-refractivity contribution in [3.05, 3.63) is 71.3 Å². The molecule has 22 heavy (non-hydrogen) atoms. The van der Waals surface area contributed by atoms with Gasteiger partial charge in [-0.2, -0.15) is 0 Å². The minimum absolute atomic E-state index is 0.0155. The highest BCUT2D eigenvalue weighted by Gasteiger charge is 2.23. The van der Waals surface area contributed by atoms with Crippen molar-refractivity contribution in [3.63, 3.8) is 0 Å². The number of carbonyl (C=O) groups excluding carboxylic acids is 1. The number of carbonyl (C=O) groups is 1. The van der Waals surface area contributed by atoms with Crippen LogP contribution in [0.1, 0.15) is 36.5 Å². The van der Waals surface area contributed by atoms with Gasteiger partial charge in [-0.05, 0) is 22.6 Å². The molecule has 1 amide bonds. The van der Waals surface area contributed by atoms with Gasteiger partial charge in [0.05, 0.1) is 12.5 Å². The van der Waals surface area contributed by atoms with E-state index >= 15 is 0 Å². The molecule has 0 aliphatic carbocycles. The molecule has 0 spiro atoms. The van der Waals surface area contributed by atoms with Crippen LogP contribution in [0.25, 0.3) is 0 Å². The molecule has 2 N–H and O–H groups in total. The van der Waals surface area contributed by atoms with Gasteiger partial charge in [-0.15, -0.1) is 0 Å². The Morgan fingerprint density at radius 2 is 1.59 bits per heavy atom. The maximum absolute atomic E-state index is 12.6. The summed E-state index contributed by atoms with van der Waals surface area (Å²) in [5, 5.41) is 12.3. The van der Waals surface area contributed by atoms with Crippen molar-refractivity contribution in [1.82, 2.24) is 5.32 Å². The fraction of sp³-hybridized carbons (Fsp3) is 0.316. The van der Waals surface area contributed by atoms with Gasteiger partial charge < -0.3 is 10.4 Å². The first-order chi connectivity index (χ1) is 10.6. The predicted octanol–water partition coefficient (Wildman–Crippen LogP) is 3.23. The highest BCUT2D eigenvalue weighted by molar-refractivity contribution is 5.83. The Hall–Kier alpha value is -2.13. The van der Waals surface area contributed by atoms with Crippen molar-refractivity contribution < 1.29 is 9.90 Å². The van der Waals surface area contributed by atoms with E-state index in [4.69, 9.17) is 0 Å². The first-order valence-electron chi connectivity index (χ1n) is 7.63. The number of aliphatic hydroxyl groups excluding tert-OH is 1. The zero-order valence-corrected chi connectivity index (χ0v) is 13.1. The molecule has 0 saturated heterocycles. The smallest absolute Gasteiger partial charge is 0.228 e. The maximum Gasteiger partial charge on any atom is 0.228 e. The van der Waals surface area contributed by atoms with Crippen molar-refractivity contribution in [2.75, 3.05) is 0 Å². The van der Waals surface area contributed by atoms with E-state index < -0.39 is 0 Å². The second kappa shape index (κ2) is 7.76.